The van der Waals surface area contributed by atoms with Gasteiger partial charge in [-0.2, -0.15) is 0 Å². The average Bonchev–Trinajstić information content (AvgIpc) is 2.38. The summed E-state index contributed by atoms with van der Waals surface area (Å²) in [5, 5.41) is 13.5. The van der Waals surface area contributed by atoms with Crippen LogP contribution in [-0.4, -0.2) is 42.8 Å². The second-order valence-electron chi connectivity index (χ2n) is 4.78. The van der Waals surface area contributed by atoms with Gasteiger partial charge in [-0.1, -0.05) is 23.7 Å². The fourth-order valence-corrected chi connectivity index (χ4v) is 3.04. The fraction of sp³-hybridized carbons (Fsp3) is 0.571. The van der Waals surface area contributed by atoms with E-state index >= 15 is 0 Å². The highest BCUT2D eigenvalue weighted by Gasteiger charge is 2.24. The molecule has 1 aliphatic heterocycles. The van der Waals surface area contributed by atoms with E-state index in [9.17, 15) is 5.11 Å². The van der Waals surface area contributed by atoms with E-state index in [1.54, 1.807) is 0 Å². The third-order valence-electron chi connectivity index (χ3n) is 3.60. The lowest BCUT2D eigenvalue weighted by atomic mass is 9.97. The predicted molar refractivity (Wildman–Crippen MR) is 82.3 cm³/mol. The average molecular weight is 305 g/mol. The minimum absolute atomic E-state index is 0. The van der Waals surface area contributed by atoms with Gasteiger partial charge in [0.25, 0.3) is 0 Å². The maximum absolute atomic E-state index is 9.33. The quantitative estimate of drug-likeness (QED) is 0.896. The molecule has 19 heavy (non-hydrogen) atoms. The lowest BCUT2D eigenvalue weighted by Crippen LogP contribution is -2.45. The van der Waals surface area contributed by atoms with Gasteiger partial charge in [0.1, 0.15) is 0 Å². The number of piperazine rings is 1. The van der Waals surface area contributed by atoms with Gasteiger partial charge >= 0.3 is 0 Å². The van der Waals surface area contributed by atoms with Crippen molar-refractivity contribution in [2.75, 3.05) is 32.8 Å². The summed E-state index contributed by atoms with van der Waals surface area (Å²) in [5.41, 5.74) is 2.38. The molecule has 1 saturated heterocycles. The Kier molecular flexibility index (Phi) is 7.11. The van der Waals surface area contributed by atoms with Crippen LogP contribution in [-0.2, 0) is 0 Å². The highest BCUT2D eigenvalue weighted by Crippen LogP contribution is 2.32. The molecule has 0 aliphatic carbocycles. The van der Waals surface area contributed by atoms with Gasteiger partial charge in [-0.25, -0.2) is 0 Å². The summed E-state index contributed by atoms with van der Waals surface area (Å²) in [6.07, 6.45) is 0.741. The van der Waals surface area contributed by atoms with Crippen molar-refractivity contribution in [2.24, 2.45) is 0 Å². The molecule has 0 unspecified atom stereocenters. The van der Waals surface area contributed by atoms with Crippen molar-refractivity contribution >= 4 is 24.0 Å². The van der Waals surface area contributed by atoms with E-state index in [2.05, 4.69) is 23.2 Å². The molecule has 1 aromatic rings. The zero-order valence-electron chi connectivity index (χ0n) is 11.2. The molecule has 0 bridgehead atoms. The standard InChI is InChI=1S/C14H21ClN2O.ClH/c1-11-3-2-4-12(15)14(11)13(5-10-18)17-8-6-16-7-9-17;/h2-4,13,16,18H,5-10H2,1H3;1H/t13-;/m0./s1. The summed E-state index contributed by atoms with van der Waals surface area (Å²) in [4.78, 5) is 2.42. The molecule has 3 nitrogen and oxygen atoms in total. The van der Waals surface area contributed by atoms with E-state index in [4.69, 9.17) is 11.6 Å². The number of aliphatic hydroxyl groups is 1. The van der Waals surface area contributed by atoms with Crippen LogP contribution in [0, 0.1) is 6.92 Å². The number of halogens is 2. The van der Waals surface area contributed by atoms with Gasteiger partial charge < -0.3 is 10.4 Å². The predicted octanol–water partition coefficient (Wildman–Crippen LogP) is 2.40. The third kappa shape index (κ3) is 4.07. The molecule has 1 aliphatic rings. The van der Waals surface area contributed by atoms with Gasteiger partial charge in [-0.3, -0.25) is 4.90 Å². The molecule has 0 radical (unpaired) electrons. The molecule has 108 valence electrons. The molecule has 2 rings (SSSR count). The number of nitrogens with one attached hydrogen (secondary N) is 1. The Bertz CT molecular complexity index is 375. The van der Waals surface area contributed by atoms with E-state index in [1.807, 2.05) is 12.1 Å². The van der Waals surface area contributed by atoms with Crippen molar-refractivity contribution in [3.63, 3.8) is 0 Å². The minimum Gasteiger partial charge on any atom is -0.396 e. The lowest BCUT2D eigenvalue weighted by molar-refractivity contribution is 0.141. The van der Waals surface area contributed by atoms with Crippen LogP contribution in [0.2, 0.25) is 5.02 Å². The molecular weight excluding hydrogens is 283 g/mol. The Labute approximate surface area is 126 Å². The van der Waals surface area contributed by atoms with Crippen LogP contribution in [0.25, 0.3) is 0 Å². The van der Waals surface area contributed by atoms with E-state index in [1.165, 1.54) is 11.1 Å². The smallest absolute Gasteiger partial charge is 0.0456 e. The largest absolute Gasteiger partial charge is 0.396 e. The van der Waals surface area contributed by atoms with Gasteiger partial charge in [0.05, 0.1) is 0 Å². The number of hydrogen-bond acceptors (Lipinski definition) is 3. The fourth-order valence-electron chi connectivity index (χ4n) is 2.69. The molecule has 1 aromatic carbocycles. The highest BCUT2D eigenvalue weighted by atomic mass is 35.5. The van der Waals surface area contributed by atoms with Gasteiger partial charge in [0.15, 0.2) is 0 Å². The van der Waals surface area contributed by atoms with Crippen LogP contribution in [0.3, 0.4) is 0 Å². The Morgan fingerprint density at radius 1 is 1.37 bits per heavy atom. The Morgan fingerprint density at radius 2 is 2.05 bits per heavy atom. The zero-order valence-corrected chi connectivity index (χ0v) is 12.8. The Hall–Kier alpha value is -0.320. The summed E-state index contributed by atoms with van der Waals surface area (Å²) in [6.45, 7) is 6.31. The van der Waals surface area contributed by atoms with E-state index in [0.717, 1.165) is 37.6 Å². The SMILES string of the molecule is Cc1cccc(Cl)c1[C@H](CCO)N1CCNCC1.Cl. The second kappa shape index (κ2) is 8.08. The normalized spacial score (nSPS) is 17.8. The van der Waals surface area contributed by atoms with Crippen LogP contribution in [0.4, 0.5) is 0 Å². The number of rotatable bonds is 4. The van der Waals surface area contributed by atoms with Crippen molar-refractivity contribution in [1.29, 1.82) is 0 Å². The summed E-state index contributed by atoms with van der Waals surface area (Å²) < 4.78 is 0. The summed E-state index contributed by atoms with van der Waals surface area (Å²) in [6, 6.07) is 6.24. The number of nitrogens with zero attached hydrogens (tertiary/aromatic N) is 1. The lowest BCUT2D eigenvalue weighted by Gasteiger charge is -2.36. The van der Waals surface area contributed by atoms with Crippen molar-refractivity contribution in [3.8, 4) is 0 Å². The van der Waals surface area contributed by atoms with Crippen molar-refractivity contribution < 1.29 is 5.11 Å². The maximum Gasteiger partial charge on any atom is 0.0456 e. The molecule has 2 N–H and O–H groups in total. The van der Waals surface area contributed by atoms with Crippen LogP contribution < -0.4 is 5.32 Å². The first-order valence-corrected chi connectivity index (χ1v) is 6.92. The monoisotopic (exact) mass is 304 g/mol. The molecule has 0 aromatic heterocycles. The van der Waals surface area contributed by atoms with E-state index in [-0.39, 0.29) is 25.1 Å². The van der Waals surface area contributed by atoms with Crippen molar-refractivity contribution in [1.82, 2.24) is 10.2 Å². The Morgan fingerprint density at radius 3 is 2.63 bits per heavy atom. The van der Waals surface area contributed by atoms with Crippen LogP contribution in [0.1, 0.15) is 23.6 Å². The van der Waals surface area contributed by atoms with Gasteiger partial charge in [0, 0.05) is 43.9 Å². The molecule has 0 amide bonds. The molecular formula is C14H22Cl2N2O. The molecule has 0 saturated carbocycles. The summed E-state index contributed by atoms with van der Waals surface area (Å²) in [5.74, 6) is 0. The van der Waals surface area contributed by atoms with Crippen molar-refractivity contribution in [3.05, 3.63) is 34.3 Å². The first-order chi connectivity index (χ1) is 8.74. The third-order valence-corrected chi connectivity index (χ3v) is 3.93. The number of benzene rings is 1. The topological polar surface area (TPSA) is 35.5 Å². The molecule has 1 atom stereocenters. The summed E-state index contributed by atoms with van der Waals surface area (Å²) in [7, 11) is 0. The van der Waals surface area contributed by atoms with Crippen LogP contribution in [0.5, 0.6) is 0 Å². The highest BCUT2D eigenvalue weighted by molar-refractivity contribution is 6.31. The minimum atomic E-state index is 0. The van der Waals surface area contributed by atoms with Gasteiger partial charge in [-0.05, 0) is 30.5 Å². The van der Waals surface area contributed by atoms with Crippen LogP contribution in [0.15, 0.2) is 18.2 Å². The van der Waals surface area contributed by atoms with E-state index < -0.39 is 0 Å². The summed E-state index contributed by atoms with van der Waals surface area (Å²) >= 11 is 6.36. The zero-order chi connectivity index (χ0) is 13.0. The first-order valence-electron chi connectivity index (χ1n) is 6.54. The number of aliphatic hydroxyl groups excluding tert-OH is 1. The van der Waals surface area contributed by atoms with Gasteiger partial charge in [-0.15, -0.1) is 12.4 Å². The second-order valence-corrected chi connectivity index (χ2v) is 5.19. The molecule has 1 heterocycles. The first kappa shape index (κ1) is 16.7. The maximum atomic E-state index is 9.33. The van der Waals surface area contributed by atoms with Crippen molar-refractivity contribution in [2.45, 2.75) is 19.4 Å². The van der Waals surface area contributed by atoms with Gasteiger partial charge in [0.2, 0.25) is 0 Å². The molecule has 0 spiro atoms. The number of hydrogen-bond donors (Lipinski definition) is 2. The molecule has 1 fully saturated rings. The Balaban J connectivity index is 0.00000180. The molecule has 5 heteroatoms. The number of aryl methyl sites for hydroxylation is 1. The van der Waals surface area contributed by atoms with Crippen LogP contribution >= 0.6 is 24.0 Å². The van der Waals surface area contributed by atoms with E-state index in [0.29, 0.717) is 0 Å².